The van der Waals surface area contributed by atoms with Gasteiger partial charge in [0.1, 0.15) is 0 Å². The summed E-state index contributed by atoms with van der Waals surface area (Å²) in [6.45, 7) is 0.295. The Morgan fingerprint density at radius 1 is 0.778 bits per heavy atom. The van der Waals surface area contributed by atoms with Gasteiger partial charge in [-0.1, -0.05) is 78.9 Å². The van der Waals surface area contributed by atoms with Crippen LogP contribution in [0.1, 0.15) is 36.0 Å². The smallest absolute Gasteiger partial charge is 0.0962 e. The summed E-state index contributed by atoms with van der Waals surface area (Å²) in [6, 6.07) is 28.8. The molecule has 5 rings (SSSR count). The normalized spacial score (nSPS) is 22.4. The maximum absolute atomic E-state index is 9.61. The molecule has 2 aliphatic carbocycles. The van der Waals surface area contributed by atoms with Crippen molar-refractivity contribution in [2.75, 3.05) is 6.61 Å². The van der Waals surface area contributed by atoms with Crippen molar-refractivity contribution >= 4 is 0 Å². The third kappa shape index (κ3) is 2.55. The van der Waals surface area contributed by atoms with Gasteiger partial charge in [-0.2, -0.15) is 0 Å². The summed E-state index contributed by atoms with van der Waals surface area (Å²) >= 11 is 0. The first-order chi connectivity index (χ1) is 13.3. The van der Waals surface area contributed by atoms with Crippen molar-refractivity contribution in [2.24, 2.45) is 5.92 Å². The number of fused-ring (bicyclic) bond motifs is 3. The predicted molar refractivity (Wildman–Crippen MR) is 110 cm³/mol. The van der Waals surface area contributed by atoms with E-state index in [4.69, 9.17) is 0 Å². The molecule has 1 saturated carbocycles. The molecule has 2 unspecified atom stereocenters. The first-order valence-electron chi connectivity index (χ1n) is 9.96. The Morgan fingerprint density at radius 3 is 1.96 bits per heavy atom. The predicted octanol–water partition coefficient (Wildman–Crippen LogP) is 4.71. The van der Waals surface area contributed by atoms with Gasteiger partial charge in [0.2, 0.25) is 0 Å². The zero-order valence-corrected chi connectivity index (χ0v) is 15.4. The van der Waals surface area contributed by atoms with Gasteiger partial charge in [-0.25, -0.2) is 0 Å². The Morgan fingerprint density at radius 2 is 1.37 bits per heavy atom. The molecule has 1 fully saturated rings. The summed E-state index contributed by atoms with van der Waals surface area (Å²) in [6.07, 6.45) is 3.25. The summed E-state index contributed by atoms with van der Waals surface area (Å²) in [5.74, 6) is 0.419. The first kappa shape index (κ1) is 16.7. The van der Waals surface area contributed by atoms with Gasteiger partial charge in [0, 0.05) is 12.6 Å². The Kier molecular flexibility index (Phi) is 4.11. The average molecular weight is 355 g/mol. The van der Waals surface area contributed by atoms with E-state index < -0.39 is 0 Å². The van der Waals surface area contributed by atoms with Crippen LogP contribution in [-0.2, 0) is 5.54 Å². The van der Waals surface area contributed by atoms with Gasteiger partial charge in [-0.3, -0.25) is 5.32 Å². The van der Waals surface area contributed by atoms with Crippen molar-refractivity contribution in [1.29, 1.82) is 0 Å². The first-order valence-corrected chi connectivity index (χ1v) is 9.96. The Hall–Kier alpha value is -2.42. The number of aliphatic hydroxyl groups excluding tert-OH is 1. The molecule has 0 radical (unpaired) electrons. The molecule has 136 valence electrons. The van der Waals surface area contributed by atoms with Crippen LogP contribution in [0.5, 0.6) is 0 Å². The molecule has 0 aromatic heterocycles. The maximum Gasteiger partial charge on any atom is 0.0962 e. The fourth-order valence-corrected chi connectivity index (χ4v) is 5.15. The molecule has 27 heavy (non-hydrogen) atoms. The fourth-order valence-electron chi connectivity index (χ4n) is 5.15. The number of hydrogen-bond donors (Lipinski definition) is 2. The van der Waals surface area contributed by atoms with Gasteiger partial charge in [0.15, 0.2) is 0 Å². The van der Waals surface area contributed by atoms with E-state index in [0.717, 1.165) is 19.3 Å². The molecule has 2 nitrogen and oxygen atoms in total. The van der Waals surface area contributed by atoms with Crippen LogP contribution in [0.25, 0.3) is 11.1 Å². The number of aliphatic hydroxyl groups is 1. The van der Waals surface area contributed by atoms with Gasteiger partial charge < -0.3 is 5.11 Å². The molecule has 3 aromatic carbocycles. The highest BCUT2D eigenvalue weighted by molar-refractivity contribution is 5.83. The molecule has 0 spiro atoms. The molecule has 0 saturated heterocycles. The monoisotopic (exact) mass is 355 g/mol. The van der Waals surface area contributed by atoms with Gasteiger partial charge in [0.05, 0.1) is 5.54 Å². The molecule has 2 atom stereocenters. The minimum atomic E-state index is -0.330. The molecular formula is C25H25NO. The van der Waals surface area contributed by atoms with Crippen LogP contribution in [0.2, 0.25) is 0 Å². The van der Waals surface area contributed by atoms with E-state index >= 15 is 0 Å². The van der Waals surface area contributed by atoms with Crippen molar-refractivity contribution in [3.8, 4) is 11.1 Å². The van der Waals surface area contributed by atoms with Crippen molar-refractivity contribution in [3.63, 3.8) is 0 Å². The van der Waals surface area contributed by atoms with Crippen molar-refractivity contribution in [2.45, 2.75) is 30.8 Å². The third-order valence-corrected chi connectivity index (χ3v) is 6.38. The number of nitrogens with one attached hydrogen (secondary N) is 1. The van der Waals surface area contributed by atoms with Crippen LogP contribution < -0.4 is 5.32 Å². The van der Waals surface area contributed by atoms with Gasteiger partial charge in [-0.05, 0) is 53.0 Å². The number of benzene rings is 3. The second-order valence-electron chi connectivity index (χ2n) is 7.91. The lowest BCUT2D eigenvalue weighted by molar-refractivity contribution is 0.226. The van der Waals surface area contributed by atoms with Crippen molar-refractivity contribution < 1.29 is 5.11 Å². The molecule has 2 heteroatoms. The highest BCUT2D eigenvalue weighted by atomic mass is 16.3. The minimum Gasteiger partial charge on any atom is -0.396 e. The zero-order valence-electron chi connectivity index (χ0n) is 15.4. The second kappa shape index (κ2) is 6.63. The molecule has 0 amide bonds. The molecule has 0 heterocycles. The van der Waals surface area contributed by atoms with E-state index in [1.165, 1.54) is 27.8 Å². The van der Waals surface area contributed by atoms with Crippen LogP contribution >= 0.6 is 0 Å². The summed E-state index contributed by atoms with van der Waals surface area (Å²) < 4.78 is 0. The largest absolute Gasteiger partial charge is 0.396 e. The third-order valence-electron chi connectivity index (χ3n) is 6.38. The summed E-state index contributed by atoms with van der Waals surface area (Å²) in [5, 5.41) is 13.7. The minimum absolute atomic E-state index is 0.295. The molecule has 2 N–H and O–H groups in total. The maximum atomic E-state index is 9.61. The average Bonchev–Trinajstić information content (AvgIpc) is 3.31. The van der Waals surface area contributed by atoms with Gasteiger partial charge >= 0.3 is 0 Å². The van der Waals surface area contributed by atoms with E-state index in [2.05, 4.69) is 84.2 Å². The quantitative estimate of drug-likeness (QED) is 0.710. The Balaban J connectivity index is 1.72. The van der Waals surface area contributed by atoms with Crippen molar-refractivity contribution in [3.05, 3.63) is 95.6 Å². The van der Waals surface area contributed by atoms with E-state index in [1.54, 1.807) is 0 Å². The van der Waals surface area contributed by atoms with Crippen LogP contribution in [0.4, 0.5) is 0 Å². The number of rotatable bonds is 4. The van der Waals surface area contributed by atoms with E-state index in [0.29, 0.717) is 18.6 Å². The van der Waals surface area contributed by atoms with Gasteiger partial charge in [0.25, 0.3) is 0 Å². The Bertz CT molecular complexity index is 904. The molecule has 3 aromatic rings. The van der Waals surface area contributed by atoms with Crippen LogP contribution in [0.3, 0.4) is 0 Å². The molecule has 2 aliphatic rings. The summed E-state index contributed by atoms with van der Waals surface area (Å²) in [4.78, 5) is 0. The summed E-state index contributed by atoms with van der Waals surface area (Å²) in [7, 11) is 0. The fraction of sp³-hybridized carbons (Fsp3) is 0.280. The van der Waals surface area contributed by atoms with E-state index in [1.807, 2.05) is 0 Å². The van der Waals surface area contributed by atoms with Crippen LogP contribution in [0, 0.1) is 5.92 Å². The van der Waals surface area contributed by atoms with Gasteiger partial charge in [-0.15, -0.1) is 0 Å². The van der Waals surface area contributed by atoms with Crippen molar-refractivity contribution in [1.82, 2.24) is 5.32 Å². The summed E-state index contributed by atoms with van der Waals surface area (Å²) in [5.41, 5.74) is 6.27. The zero-order chi connectivity index (χ0) is 18.3. The number of hydrogen-bond acceptors (Lipinski definition) is 2. The SMILES string of the molecule is OCC1CCC(NC2(c3ccccc3)c3ccccc3-c3ccccc32)C1. The highest BCUT2D eigenvalue weighted by Crippen LogP contribution is 2.51. The second-order valence-corrected chi connectivity index (χ2v) is 7.91. The van der Waals surface area contributed by atoms with E-state index in [9.17, 15) is 5.11 Å². The lowest BCUT2D eigenvalue weighted by Crippen LogP contribution is -2.47. The lowest BCUT2D eigenvalue weighted by atomic mass is 9.80. The topological polar surface area (TPSA) is 32.3 Å². The lowest BCUT2D eigenvalue weighted by Gasteiger charge is -2.37. The Labute approximate surface area is 160 Å². The standard InChI is InChI=1S/C25H25NO/c27-17-18-14-15-20(16-18)26-25(19-8-2-1-3-9-19)23-12-6-4-10-21(23)22-11-5-7-13-24(22)25/h1-13,18,20,26-27H,14-17H2. The molecule has 0 aliphatic heterocycles. The van der Waals surface area contributed by atoms with Crippen LogP contribution in [0.15, 0.2) is 78.9 Å². The van der Waals surface area contributed by atoms with Crippen LogP contribution in [-0.4, -0.2) is 17.8 Å². The van der Waals surface area contributed by atoms with E-state index in [-0.39, 0.29) is 5.54 Å². The molecular weight excluding hydrogens is 330 g/mol. The highest BCUT2D eigenvalue weighted by Gasteiger charge is 2.46. The molecule has 0 bridgehead atoms.